The van der Waals surface area contributed by atoms with Gasteiger partial charge in [-0.25, -0.2) is 0 Å². The maximum Gasteiger partial charge on any atom is 0.237 e. The summed E-state index contributed by atoms with van der Waals surface area (Å²) in [7, 11) is 0. The number of nitrogens with two attached hydrogens (primary N) is 2. The molecule has 0 spiro atoms. The molecule has 0 heterocycles. The van der Waals surface area contributed by atoms with E-state index in [1.54, 1.807) is 4.90 Å². The average molecular weight is 255 g/mol. The van der Waals surface area contributed by atoms with Gasteiger partial charge in [-0.3, -0.25) is 9.59 Å². The molecular formula is C13H25N3O2. The molecule has 0 aromatic carbocycles. The molecule has 1 fully saturated rings. The molecule has 0 aliphatic heterocycles. The second kappa shape index (κ2) is 7.36. The molecule has 1 saturated carbocycles. The first kappa shape index (κ1) is 15.0. The van der Waals surface area contributed by atoms with Gasteiger partial charge in [-0.15, -0.1) is 0 Å². The van der Waals surface area contributed by atoms with Crippen molar-refractivity contribution in [1.29, 1.82) is 0 Å². The molecule has 1 aliphatic carbocycles. The summed E-state index contributed by atoms with van der Waals surface area (Å²) in [6, 6.07) is 0.195. The topological polar surface area (TPSA) is 89.4 Å². The highest BCUT2D eigenvalue weighted by Gasteiger charge is 2.28. The molecule has 0 bridgehead atoms. The molecule has 1 unspecified atom stereocenters. The number of primary amides is 1. The van der Waals surface area contributed by atoms with Crippen LogP contribution in [-0.4, -0.2) is 35.8 Å². The van der Waals surface area contributed by atoms with Gasteiger partial charge < -0.3 is 16.4 Å². The van der Waals surface area contributed by atoms with Crippen molar-refractivity contribution in [3.05, 3.63) is 0 Å². The van der Waals surface area contributed by atoms with Gasteiger partial charge in [0.05, 0.1) is 6.54 Å². The Hall–Kier alpha value is -1.10. The lowest BCUT2D eigenvalue weighted by atomic mass is 10.0. The first-order valence-electron chi connectivity index (χ1n) is 6.86. The maximum atomic E-state index is 12.3. The van der Waals surface area contributed by atoms with E-state index in [9.17, 15) is 9.59 Å². The number of carbonyl (C=O) groups is 2. The Labute approximate surface area is 109 Å². The third-order valence-electron chi connectivity index (χ3n) is 3.79. The highest BCUT2D eigenvalue weighted by Crippen LogP contribution is 2.24. The monoisotopic (exact) mass is 255 g/mol. The van der Waals surface area contributed by atoms with Crippen molar-refractivity contribution in [2.75, 3.05) is 13.1 Å². The highest BCUT2D eigenvalue weighted by atomic mass is 16.2. The van der Waals surface area contributed by atoms with E-state index in [1.807, 2.05) is 6.92 Å². The lowest BCUT2D eigenvalue weighted by molar-refractivity contribution is -0.138. The largest absolute Gasteiger partial charge is 0.368 e. The van der Waals surface area contributed by atoms with Gasteiger partial charge in [0.25, 0.3) is 0 Å². The maximum absolute atomic E-state index is 12.3. The van der Waals surface area contributed by atoms with Gasteiger partial charge in [-0.05, 0) is 25.3 Å². The number of rotatable bonds is 7. The molecule has 0 aromatic rings. The van der Waals surface area contributed by atoms with E-state index in [0.717, 1.165) is 32.1 Å². The normalized spacial score (nSPS) is 17.7. The van der Waals surface area contributed by atoms with Crippen LogP contribution in [0.5, 0.6) is 0 Å². The van der Waals surface area contributed by atoms with Crippen LogP contribution in [0.4, 0.5) is 0 Å². The van der Waals surface area contributed by atoms with Gasteiger partial charge in [0, 0.05) is 12.5 Å². The summed E-state index contributed by atoms with van der Waals surface area (Å²) in [6.45, 7) is 2.58. The molecule has 5 heteroatoms. The van der Waals surface area contributed by atoms with Crippen molar-refractivity contribution >= 4 is 11.8 Å². The van der Waals surface area contributed by atoms with Crippen LogP contribution in [0.2, 0.25) is 0 Å². The minimum Gasteiger partial charge on any atom is -0.368 e. The fraction of sp³-hybridized carbons (Fsp3) is 0.846. The molecule has 104 valence electrons. The van der Waals surface area contributed by atoms with Crippen LogP contribution in [-0.2, 0) is 9.59 Å². The van der Waals surface area contributed by atoms with Crippen LogP contribution in [0.1, 0.15) is 45.4 Å². The molecule has 18 heavy (non-hydrogen) atoms. The summed E-state index contributed by atoms with van der Waals surface area (Å²) < 4.78 is 0. The van der Waals surface area contributed by atoms with E-state index in [4.69, 9.17) is 11.5 Å². The van der Waals surface area contributed by atoms with Gasteiger partial charge in [0.1, 0.15) is 0 Å². The molecular weight excluding hydrogens is 230 g/mol. The molecule has 1 atom stereocenters. The Kier molecular flexibility index (Phi) is 6.12. The van der Waals surface area contributed by atoms with Crippen LogP contribution >= 0.6 is 0 Å². The Morgan fingerprint density at radius 2 is 1.94 bits per heavy atom. The molecule has 0 saturated heterocycles. The molecule has 1 rings (SSSR count). The van der Waals surface area contributed by atoms with Crippen LogP contribution < -0.4 is 11.5 Å². The summed E-state index contributed by atoms with van der Waals surface area (Å²) >= 11 is 0. The molecule has 5 nitrogen and oxygen atoms in total. The average Bonchev–Trinajstić information content (AvgIpc) is 2.86. The number of hydrogen-bond donors (Lipinski definition) is 2. The summed E-state index contributed by atoms with van der Waals surface area (Å²) in [5.74, 6) is -0.205. The Morgan fingerprint density at radius 3 is 2.39 bits per heavy atom. The van der Waals surface area contributed by atoms with Gasteiger partial charge in [0.2, 0.25) is 11.8 Å². The number of hydrogen-bond acceptors (Lipinski definition) is 3. The Morgan fingerprint density at radius 1 is 1.33 bits per heavy atom. The zero-order valence-electron chi connectivity index (χ0n) is 11.2. The summed E-state index contributed by atoms with van der Waals surface area (Å²) in [4.78, 5) is 25.0. The van der Waals surface area contributed by atoms with Crippen LogP contribution in [0.15, 0.2) is 0 Å². The number of nitrogens with zero attached hydrogens (tertiary/aromatic N) is 1. The molecule has 2 amide bonds. The summed E-state index contributed by atoms with van der Waals surface area (Å²) in [5.41, 5.74) is 10.9. The lowest BCUT2D eigenvalue weighted by Gasteiger charge is -2.29. The number of amides is 2. The smallest absolute Gasteiger partial charge is 0.237 e. The first-order chi connectivity index (χ1) is 8.58. The SMILES string of the molecule is CCC(CN)CC(=O)N(CC(N)=O)C1CCCC1. The van der Waals surface area contributed by atoms with Crippen molar-refractivity contribution in [1.82, 2.24) is 4.90 Å². The minimum atomic E-state index is -0.434. The zero-order valence-corrected chi connectivity index (χ0v) is 11.2. The third-order valence-corrected chi connectivity index (χ3v) is 3.79. The molecule has 1 aliphatic rings. The predicted octanol–water partition coefficient (Wildman–Crippen LogP) is 0.618. The van der Waals surface area contributed by atoms with E-state index in [2.05, 4.69) is 0 Å². The molecule has 4 N–H and O–H groups in total. The van der Waals surface area contributed by atoms with Crippen LogP contribution in [0.3, 0.4) is 0 Å². The predicted molar refractivity (Wildman–Crippen MR) is 70.6 cm³/mol. The second-order valence-corrected chi connectivity index (χ2v) is 5.14. The van der Waals surface area contributed by atoms with Gasteiger partial charge >= 0.3 is 0 Å². The Bertz CT molecular complexity index is 284. The summed E-state index contributed by atoms with van der Waals surface area (Å²) in [6.07, 6.45) is 5.54. The molecule has 0 aromatic heterocycles. The van der Waals surface area contributed by atoms with E-state index in [1.165, 1.54) is 0 Å². The van der Waals surface area contributed by atoms with Gasteiger partial charge in [0.15, 0.2) is 0 Å². The Balaban J connectivity index is 2.62. The van der Waals surface area contributed by atoms with E-state index in [-0.39, 0.29) is 24.4 Å². The highest BCUT2D eigenvalue weighted by molar-refractivity contribution is 5.84. The van der Waals surface area contributed by atoms with Crippen LogP contribution in [0, 0.1) is 5.92 Å². The lowest BCUT2D eigenvalue weighted by Crippen LogP contribution is -2.45. The van der Waals surface area contributed by atoms with Crippen molar-refractivity contribution in [3.63, 3.8) is 0 Å². The van der Waals surface area contributed by atoms with Crippen molar-refractivity contribution in [3.8, 4) is 0 Å². The van der Waals surface area contributed by atoms with Gasteiger partial charge in [-0.2, -0.15) is 0 Å². The fourth-order valence-corrected chi connectivity index (χ4v) is 2.56. The van der Waals surface area contributed by atoms with E-state index < -0.39 is 5.91 Å². The molecule has 0 radical (unpaired) electrons. The third kappa shape index (κ3) is 4.29. The quantitative estimate of drug-likeness (QED) is 0.698. The van der Waals surface area contributed by atoms with Crippen LogP contribution in [0.25, 0.3) is 0 Å². The van der Waals surface area contributed by atoms with Crippen molar-refractivity contribution in [2.45, 2.75) is 51.5 Å². The minimum absolute atomic E-state index is 0.0259. The van der Waals surface area contributed by atoms with Crippen molar-refractivity contribution < 1.29 is 9.59 Å². The standard InChI is InChI=1S/C13H25N3O2/c1-2-10(8-14)7-13(18)16(9-12(15)17)11-5-3-4-6-11/h10-11H,2-9,14H2,1H3,(H2,15,17). The van der Waals surface area contributed by atoms with Gasteiger partial charge in [-0.1, -0.05) is 26.2 Å². The van der Waals surface area contributed by atoms with Crippen molar-refractivity contribution in [2.24, 2.45) is 17.4 Å². The van der Waals surface area contributed by atoms with E-state index in [0.29, 0.717) is 13.0 Å². The first-order valence-corrected chi connectivity index (χ1v) is 6.86. The van der Waals surface area contributed by atoms with E-state index >= 15 is 0 Å². The fourth-order valence-electron chi connectivity index (χ4n) is 2.56. The second-order valence-electron chi connectivity index (χ2n) is 5.14. The zero-order chi connectivity index (χ0) is 13.5. The summed E-state index contributed by atoms with van der Waals surface area (Å²) in [5, 5.41) is 0. The number of carbonyl (C=O) groups excluding carboxylic acids is 2.